The van der Waals surface area contributed by atoms with Gasteiger partial charge in [0.2, 0.25) is 0 Å². The Morgan fingerprint density at radius 1 is 1.42 bits per heavy atom. The summed E-state index contributed by atoms with van der Waals surface area (Å²) in [5, 5.41) is 3.46. The zero-order chi connectivity index (χ0) is 13.5. The zero-order valence-corrected chi connectivity index (χ0v) is 11.2. The summed E-state index contributed by atoms with van der Waals surface area (Å²) in [6.45, 7) is 4.05. The molecule has 2 rings (SSSR count). The number of halogens is 1. The van der Waals surface area contributed by atoms with Crippen LogP contribution < -0.4 is 5.32 Å². The molecule has 0 bridgehead atoms. The molecule has 0 aliphatic carbocycles. The van der Waals surface area contributed by atoms with Crippen LogP contribution in [0.15, 0.2) is 43.0 Å². The topological polar surface area (TPSA) is 29.9 Å². The molecule has 4 heteroatoms. The number of nitrogens with zero attached hydrogens (tertiary/aromatic N) is 2. The van der Waals surface area contributed by atoms with Crippen molar-refractivity contribution in [3.05, 3.63) is 54.4 Å². The maximum atomic E-state index is 13.1. The number of rotatable bonds is 7. The van der Waals surface area contributed by atoms with Gasteiger partial charge in [0, 0.05) is 25.0 Å². The third-order valence-electron chi connectivity index (χ3n) is 3.08. The molecule has 102 valence electrons. The molecule has 0 saturated carbocycles. The second-order valence-corrected chi connectivity index (χ2v) is 4.84. The quantitative estimate of drug-likeness (QED) is 0.776. The summed E-state index contributed by atoms with van der Waals surface area (Å²) in [5.41, 5.74) is 1.04. The zero-order valence-electron chi connectivity index (χ0n) is 11.2. The van der Waals surface area contributed by atoms with Crippen molar-refractivity contribution < 1.29 is 4.39 Å². The first-order valence-corrected chi connectivity index (χ1v) is 6.67. The number of nitrogens with one attached hydrogen (secondary N) is 1. The summed E-state index contributed by atoms with van der Waals surface area (Å²) < 4.78 is 15.1. The molecule has 1 unspecified atom stereocenters. The smallest absolute Gasteiger partial charge is 0.123 e. The van der Waals surface area contributed by atoms with Crippen molar-refractivity contribution in [3.8, 4) is 0 Å². The van der Waals surface area contributed by atoms with Crippen molar-refractivity contribution in [2.24, 2.45) is 0 Å². The van der Waals surface area contributed by atoms with Crippen LogP contribution in [0.2, 0.25) is 0 Å². The number of aryl methyl sites for hydroxylation is 1. The van der Waals surface area contributed by atoms with Crippen molar-refractivity contribution in [2.45, 2.75) is 32.4 Å². The number of aromatic nitrogens is 2. The molecule has 0 saturated heterocycles. The van der Waals surface area contributed by atoms with Crippen molar-refractivity contribution in [3.63, 3.8) is 0 Å². The molecular weight excluding hydrogens is 241 g/mol. The van der Waals surface area contributed by atoms with E-state index in [1.165, 1.54) is 6.07 Å². The lowest BCUT2D eigenvalue weighted by Crippen LogP contribution is -2.29. The molecule has 1 N–H and O–H groups in total. The Labute approximate surface area is 113 Å². The second kappa shape index (κ2) is 7.04. The van der Waals surface area contributed by atoms with Gasteiger partial charge >= 0.3 is 0 Å². The number of hydrogen-bond acceptors (Lipinski definition) is 2. The lowest BCUT2D eigenvalue weighted by Gasteiger charge is -2.14. The van der Waals surface area contributed by atoms with Crippen LogP contribution in [0.4, 0.5) is 4.39 Å². The maximum Gasteiger partial charge on any atom is 0.123 e. The molecule has 1 aromatic carbocycles. The summed E-state index contributed by atoms with van der Waals surface area (Å²) in [7, 11) is 0. The molecule has 1 atom stereocenters. The maximum absolute atomic E-state index is 13.1. The fourth-order valence-corrected chi connectivity index (χ4v) is 2.12. The van der Waals surface area contributed by atoms with E-state index in [1.54, 1.807) is 18.3 Å². The Balaban J connectivity index is 1.65. The fraction of sp³-hybridized carbons (Fsp3) is 0.400. The summed E-state index contributed by atoms with van der Waals surface area (Å²) in [6, 6.07) is 7.16. The minimum absolute atomic E-state index is 0.162. The molecular formula is C15H20FN3. The predicted octanol–water partition coefficient (Wildman–Crippen LogP) is 2.63. The van der Waals surface area contributed by atoms with E-state index in [0.29, 0.717) is 6.04 Å². The fourth-order valence-electron chi connectivity index (χ4n) is 2.12. The lowest BCUT2D eigenvalue weighted by atomic mass is 10.1. The van der Waals surface area contributed by atoms with Crippen LogP contribution in [0.3, 0.4) is 0 Å². The highest BCUT2D eigenvalue weighted by atomic mass is 19.1. The van der Waals surface area contributed by atoms with Gasteiger partial charge in [-0.1, -0.05) is 12.1 Å². The third-order valence-corrected chi connectivity index (χ3v) is 3.08. The van der Waals surface area contributed by atoms with Crippen molar-refractivity contribution >= 4 is 0 Å². The van der Waals surface area contributed by atoms with Crippen molar-refractivity contribution in [1.82, 2.24) is 14.9 Å². The van der Waals surface area contributed by atoms with Crippen LogP contribution in [0.25, 0.3) is 0 Å². The summed E-state index contributed by atoms with van der Waals surface area (Å²) in [4.78, 5) is 4.01. The Hall–Kier alpha value is -1.68. The third kappa shape index (κ3) is 4.83. The first-order chi connectivity index (χ1) is 9.24. The van der Waals surface area contributed by atoms with Gasteiger partial charge in [-0.3, -0.25) is 0 Å². The van der Waals surface area contributed by atoms with Gasteiger partial charge in [-0.2, -0.15) is 0 Å². The van der Waals surface area contributed by atoms with E-state index in [0.717, 1.165) is 31.5 Å². The number of benzene rings is 1. The molecule has 0 spiro atoms. The van der Waals surface area contributed by atoms with Crippen LogP contribution >= 0.6 is 0 Å². The molecule has 0 amide bonds. The standard InChI is InChI=1S/C15H20FN3/c1-13(10-14-4-2-5-15(16)11-14)18-6-3-8-19-9-7-17-12-19/h2,4-5,7,9,11-13,18H,3,6,8,10H2,1H3. The van der Waals surface area contributed by atoms with E-state index in [2.05, 4.69) is 21.8 Å². The van der Waals surface area contributed by atoms with E-state index in [-0.39, 0.29) is 5.82 Å². The molecule has 1 heterocycles. The Morgan fingerprint density at radius 2 is 2.32 bits per heavy atom. The lowest BCUT2D eigenvalue weighted by molar-refractivity contribution is 0.509. The van der Waals surface area contributed by atoms with E-state index in [9.17, 15) is 4.39 Å². The van der Waals surface area contributed by atoms with Gasteiger partial charge in [0.25, 0.3) is 0 Å². The van der Waals surface area contributed by atoms with Gasteiger partial charge in [-0.25, -0.2) is 9.37 Å². The summed E-state index contributed by atoms with van der Waals surface area (Å²) >= 11 is 0. The van der Waals surface area contributed by atoms with E-state index >= 15 is 0 Å². The van der Waals surface area contributed by atoms with Crippen molar-refractivity contribution in [1.29, 1.82) is 0 Å². The van der Waals surface area contributed by atoms with Gasteiger partial charge in [-0.05, 0) is 44.0 Å². The number of hydrogen-bond donors (Lipinski definition) is 1. The highest BCUT2D eigenvalue weighted by molar-refractivity contribution is 5.17. The highest BCUT2D eigenvalue weighted by Gasteiger charge is 2.03. The van der Waals surface area contributed by atoms with Crippen LogP contribution in [0, 0.1) is 5.82 Å². The molecule has 0 radical (unpaired) electrons. The molecule has 19 heavy (non-hydrogen) atoms. The van der Waals surface area contributed by atoms with Crippen LogP contribution in [0.1, 0.15) is 18.9 Å². The minimum Gasteiger partial charge on any atom is -0.337 e. The largest absolute Gasteiger partial charge is 0.337 e. The summed E-state index contributed by atoms with van der Waals surface area (Å²) in [6.07, 6.45) is 7.50. The normalized spacial score (nSPS) is 12.5. The Kier molecular flexibility index (Phi) is 5.10. The van der Waals surface area contributed by atoms with Gasteiger partial charge in [0.05, 0.1) is 6.33 Å². The highest BCUT2D eigenvalue weighted by Crippen LogP contribution is 2.06. The molecule has 0 fully saturated rings. The van der Waals surface area contributed by atoms with E-state index in [1.807, 2.05) is 18.6 Å². The predicted molar refractivity (Wildman–Crippen MR) is 74.4 cm³/mol. The molecule has 0 aliphatic rings. The summed E-state index contributed by atoms with van der Waals surface area (Å²) in [5.74, 6) is -0.162. The molecule has 1 aromatic heterocycles. The molecule has 3 nitrogen and oxygen atoms in total. The number of imidazole rings is 1. The van der Waals surface area contributed by atoms with Crippen molar-refractivity contribution in [2.75, 3.05) is 6.54 Å². The first kappa shape index (κ1) is 13.7. The van der Waals surface area contributed by atoms with E-state index < -0.39 is 0 Å². The second-order valence-electron chi connectivity index (χ2n) is 4.84. The van der Waals surface area contributed by atoms with Crippen LogP contribution in [0.5, 0.6) is 0 Å². The first-order valence-electron chi connectivity index (χ1n) is 6.67. The average Bonchev–Trinajstić information content (AvgIpc) is 2.88. The Bertz CT molecular complexity index is 482. The molecule has 2 aromatic rings. The molecule has 0 aliphatic heterocycles. The van der Waals surface area contributed by atoms with E-state index in [4.69, 9.17) is 0 Å². The van der Waals surface area contributed by atoms with Crippen LogP contribution in [-0.2, 0) is 13.0 Å². The monoisotopic (exact) mass is 261 g/mol. The van der Waals surface area contributed by atoms with Gasteiger partial charge in [0.1, 0.15) is 5.82 Å². The van der Waals surface area contributed by atoms with Gasteiger partial charge in [-0.15, -0.1) is 0 Å². The average molecular weight is 261 g/mol. The Morgan fingerprint density at radius 3 is 3.05 bits per heavy atom. The SMILES string of the molecule is CC(Cc1cccc(F)c1)NCCCn1ccnc1. The minimum atomic E-state index is -0.162. The van der Waals surface area contributed by atoms with Gasteiger partial charge < -0.3 is 9.88 Å². The van der Waals surface area contributed by atoms with Gasteiger partial charge in [0.15, 0.2) is 0 Å². The van der Waals surface area contributed by atoms with Crippen LogP contribution in [-0.4, -0.2) is 22.1 Å².